The third-order valence-corrected chi connectivity index (χ3v) is 4.00. The highest BCUT2D eigenvalue weighted by atomic mass is 28.4. The van der Waals surface area contributed by atoms with Crippen LogP contribution in [0.1, 0.15) is 13.8 Å². The van der Waals surface area contributed by atoms with Crippen LogP contribution in [0.25, 0.3) is 0 Å². The first-order valence-electron chi connectivity index (χ1n) is 5.34. The van der Waals surface area contributed by atoms with E-state index in [2.05, 4.69) is 0 Å². The van der Waals surface area contributed by atoms with Gasteiger partial charge in [-0.1, -0.05) is 50.2 Å². The topological polar surface area (TPSA) is 27.7 Å². The summed E-state index contributed by atoms with van der Waals surface area (Å²) in [4.78, 5) is 0. The van der Waals surface area contributed by atoms with Crippen molar-refractivity contribution in [2.75, 3.05) is 21.3 Å². The van der Waals surface area contributed by atoms with Crippen molar-refractivity contribution in [3.05, 3.63) is 36.4 Å². The van der Waals surface area contributed by atoms with E-state index in [0.717, 1.165) is 0 Å². The van der Waals surface area contributed by atoms with Crippen molar-refractivity contribution in [1.82, 2.24) is 0 Å². The molecule has 0 bridgehead atoms. The molecule has 0 aromatic heterocycles. The molecule has 16 heavy (non-hydrogen) atoms. The molecule has 0 aliphatic rings. The summed E-state index contributed by atoms with van der Waals surface area (Å²) in [5.74, 6) is 0. The molecular weight excluding hydrogens is 220 g/mol. The van der Waals surface area contributed by atoms with Crippen LogP contribution < -0.4 is 0 Å². The number of hydrogen-bond donors (Lipinski definition) is 0. The van der Waals surface area contributed by atoms with Gasteiger partial charge in [0, 0.05) is 27.9 Å². The van der Waals surface area contributed by atoms with E-state index in [0.29, 0.717) is 0 Å². The third-order valence-electron chi connectivity index (χ3n) is 1.78. The van der Waals surface area contributed by atoms with E-state index < -0.39 is 8.80 Å². The second-order valence-corrected chi connectivity index (χ2v) is 5.58. The maximum Gasteiger partial charge on any atom is 0.496 e. The van der Waals surface area contributed by atoms with Crippen molar-refractivity contribution in [2.45, 2.75) is 20.4 Å². The van der Waals surface area contributed by atoms with Crippen molar-refractivity contribution >= 4 is 8.80 Å². The smallest absolute Gasteiger partial charge is 0.377 e. The predicted octanol–water partition coefficient (Wildman–Crippen LogP) is 3.21. The van der Waals surface area contributed by atoms with E-state index in [-0.39, 0.29) is 0 Å². The molecule has 1 aromatic rings. The Kier molecular flexibility index (Phi) is 13.7. The minimum absolute atomic E-state index is 1.58. The van der Waals surface area contributed by atoms with E-state index in [4.69, 9.17) is 13.3 Å². The maximum absolute atomic E-state index is 4.93. The highest BCUT2D eigenvalue weighted by Crippen LogP contribution is 2.02. The number of hydrogen-bond acceptors (Lipinski definition) is 3. The first-order valence-corrected chi connectivity index (χ1v) is 7.56. The van der Waals surface area contributed by atoms with Gasteiger partial charge in [-0.05, 0) is 0 Å². The number of benzene rings is 1. The molecule has 0 amide bonds. The molecule has 1 aromatic carbocycles. The van der Waals surface area contributed by atoms with Crippen LogP contribution in [0.15, 0.2) is 36.4 Å². The Morgan fingerprint density at radius 3 is 0.875 bits per heavy atom. The average molecular weight is 244 g/mol. The average Bonchev–Trinajstić information content (AvgIpc) is 2.43. The van der Waals surface area contributed by atoms with Gasteiger partial charge in [0.1, 0.15) is 0 Å². The second kappa shape index (κ2) is 12.4. The molecule has 0 unspecified atom stereocenters. The molecule has 3 nitrogen and oxygen atoms in total. The highest BCUT2D eigenvalue weighted by molar-refractivity contribution is 6.58. The predicted molar refractivity (Wildman–Crippen MR) is 70.4 cm³/mol. The Balaban J connectivity index is 0. The first kappa shape index (κ1) is 17.7. The lowest BCUT2D eigenvalue weighted by atomic mass is 10.4. The fraction of sp³-hybridized carbons (Fsp3) is 0.500. The monoisotopic (exact) mass is 244 g/mol. The van der Waals surface area contributed by atoms with Gasteiger partial charge in [0.2, 0.25) is 0 Å². The molecule has 0 spiro atoms. The highest BCUT2D eigenvalue weighted by Gasteiger charge is 2.29. The lowest BCUT2D eigenvalue weighted by molar-refractivity contribution is 0.132. The van der Waals surface area contributed by atoms with Crippen molar-refractivity contribution in [2.24, 2.45) is 0 Å². The molecule has 0 saturated heterocycles. The standard InChI is InChI=1S/C6H6.C4H12O3Si.C2H6/c1-2-4-6-5-3-1;1-5-8(4,6-2)7-3;1-2/h1-6H;1-4H3;1-2H3. The summed E-state index contributed by atoms with van der Waals surface area (Å²) < 4.78 is 14.8. The van der Waals surface area contributed by atoms with Crippen LogP contribution in [0.5, 0.6) is 0 Å². The Labute approximate surface area is 101 Å². The fourth-order valence-corrected chi connectivity index (χ4v) is 1.13. The molecule has 0 aliphatic carbocycles. The Hall–Kier alpha value is -0.683. The van der Waals surface area contributed by atoms with Gasteiger partial charge in [0.05, 0.1) is 0 Å². The van der Waals surface area contributed by atoms with Gasteiger partial charge in [-0.15, -0.1) is 0 Å². The fourth-order valence-electron chi connectivity index (χ4n) is 0.635. The van der Waals surface area contributed by atoms with Crippen LogP contribution in [0.3, 0.4) is 0 Å². The van der Waals surface area contributed by atoms with Crippen molar-refractivity contribution < 1.29 is 13.3 Å². The molecular formula is C12H24O3Si. The van der Waals surface area contributed by atoms with Gasteiger partial charge in [-0.2, -0.15) is 0 Å². The quantitative estimate of drug-likeness (QED) is 0.764. The third kappa shape index (κ3) is 9.86. The number of rotatable bonds is 3. The maximum atomic E-state index is 4.93. The van der Waals surface area contributed by atoms with E-state index in [1.165, 1.54) is 0 Å². The summed E-state index contributed by atoms with van der Waals surface area (Å²) in [7, 11) is 2.58. The van der Waals surface area contributed by atoms with Crippen LogP contribution in [0, 0.1) is 0 Å². The van der Waals surface area contributed by atoms with E-state index in [1.807, 2.05) is 56.8 Å². The summed E-state index contributed by atoms with van der Waals surface area (Å²) in [6, 6.07) is 12.0. The summed E-state index contributed by atoms with van der Waals surface area (Å²) >= 11 is 0. The van der Waals surface area contributed by atoms with Gasteiger partial charge >= 0.3 is 8.80 Å². The molecule has 0 atom stereocenters. The molecule has 0 radical (unpaired) electrons. The lowest BCUT2D eigenvalue weighted by Gasteiger charge is -2.18. The van der Waals surface area contributed by atoms with Gasteiger partial charge in [-0.3, -0.25) is 0 Å². The summed E-state index contributed by atoms with van der Waals surface area (Å²) in [5, 5.41) is 0. The molecule has 1 rings (SSSR count). The molecule has 0 N–H and O–H groups in total. The van der Waals surface area contributed by atoms with Gasteiger partial charge in [0.25, 0.3) is 0 Å². The van der Waals surface area contributed by atoms with Gasteiger partial charge in [0.15, 0.2) is 0 Å². The largest absolute Gasteiger partial charge is 0.496 e. The van der Waals surface area contributed by atoms with E-state index in [1.54, 1.807) is 21.3 Å². The zero-order valence-corrected chi connectivity index (χ0v) is 12.2. The molecule has 94 valence electrons. The van der Waals surface area contributed by atoms with Crippen LogP contribution in [0.2, 0.25) is 6.55 Å². The van der Waals surface area contributed by atoms with Crippen LogP contribution in [-0.2, 0) is 13.3 Å². The molecule has 0 aliphatic heterocycles. The zero-order valence-electron chi connectivity index (χ0n) is 11.2. The first-order chi connectivity index (χ1) is 7.68. The second-order valence-electron chi connectivity index (χ2n) is 2.63. The lowest BCUT2D eigenvalue weighted by Crippen LogP contribution is -2.38. The summed E-state index contributed by atoms with van der Waals surface area (Å²) in [5.41, 5.74) is 0. The Bertz CT molecular complexity index is 178. The normalized spacial score (nSPS) is 9.38. The summed E-state index contributed by atoms with van der Waals surface area (Å²) in [6.07, 6.45) is 0. The summed E-state index contributed by atoms with van der Waals surface area (Å²) in [6.45, 7) is 5.83. The van der Waals surface area contributed by atoms with Crippen LogP contribution >= 0.6 is 0 Å². The van der Waals surface area contributed by atoms with Gasteiger partial charge in [-0.25, -0.2) is 0 Å². The molecule has 4 heteroatoms. The van der Waals surface area contributed by atoms with Crippen molar-refractivity contribution in [1.29, 1.82) is 0 Å². The molecule has 0 heterocycles. The zero-order chi connectivity index (χ0) is 12.9. The molecule has 0 fully saturated rings. The van der Waals surface area contributed by atoms with Gasteiger partial charge < -0.3 is 13.3 Å². The minimum Gasteiger partial charge on any atom is -0.377 e. The van der Waals surface area contributed by atoms with E-state index >= 15 is 0 Å². The molecule has 0 saturated carbocycles. The van der Waals surface area contributed by atoms with E-state index in [9.17, 15) is 0 Å². The van der Waals surface area contributed by atoms with Crippen LogP contribution in [-0.4, -0.2) is 30.1 Å². The van der Waals surface area contributed by atoms with Crippen molar-refractivity contribution in [3.8, 4) is 0 Å². The van der Waals surface area contributed by atoms with Crippen LogP contribution in [0.4, 0.5) is 0 Å². The SMILES string of the molecule is CC.CO[Si](C)(OC)OC.c1ccccc1. The Morgan fingerprint density at radius 1 is 0.625 bits per heavy atom. The van der Waals surface area contributed by atoms with Crippen molar-refractivity contribution in [3.63, 3.8) is 0 Å². The Morgan fingerprint density at radius 2 is 0.812 bits per heavy atom. The minimum atomic E-state index is -2.17.